The summed E-state index contributed by atoms with van der Waals surface area (Å²) in [6.45, 7) is 6.38. The van der Waals surface area contributed by atoms with Crippen molar-refractivity contribution in [3.63, 3.8) is 0 Å². The van der Waals surface area contributed by atoms with Crippen LogP contribution in [0.25, 0.3) is 0 Å². The Labute approximate surface area is 143 Å². The highest BCUT2D eigenvalue weighted by atomic mass is 16.2. The molecule has 2 aromatic rings. The maximum absolute atomic E-state index is 12.5. The fourth-order valence-corrected chi connectivity index (χ4v) is 2.51. The molecule has 0 aromatic heterocycles. The highest BCUT2D eigenvalue weighted by molar-refractivity contribution is 6.03. The highest BCUT2D eigenvalue weighted by Crippen LogP contribution is 2.12. The van der Waals surface area contributed by atoms with Gasteiger partial charge in [-0.05, 0) is 44.0 Å². The van der Waals surface area contributed by atoms with E-state index in [0.717, 1.165) is 11.1 Å². The van der Waals surface area contributed by atoms with E-state index in [2.05, 4.69) is 5.32 Å². The first-order valence-electron chi connectivity index (χ1n) is 8.15. The minimum Gasteiger partial charge on any atom is -0.336 e. The molecule has 0 radical (unpaired) electrons. The van der Waals surface area contributed by atoms with Crippen LogP contribution in [0.5, 0.6) is 0 Å². The van der Waals surface area contributed by atoms with Gasteiger partial charge < -0.3 is 10.2 Å². The lowest BCUT2D eigenvalue weighted by Crippen LogP contribution is -2.38. The fraction of sp³-hybridized carbons (Fsp3) is 0.300. The molecule has 0 aliphatic carbocycles. The quantitative estimate of drug-likeness (QED) is 0.823. The molecule has 0 heterocycles. The average Bonchev–Trinajstić information content (AvgIpc) is 2.53. The largest absolute Gasteiger partial charge is 0.336 e. The molecule has 0 fully saturated rings. The summed E-state index contributed by atoms with van der Waals surface area (Å²) in [5.41, 5.74) is 2.83. The number of hydrogen-bond acceptors (Lipinski definition) is 2. The van der Waals surface area contributed by atoms with Crippen LogP contribution in [0.4, 0.5) is 5.69 Å². The summed E-state index contributed by atoms with van der Waals surface area (Å²) in [5, 5.41) is 2.78. The lowest BCUT2D eigenvalue weighted by Gasteiger charge is -2.26. The van der Waals surface area contributed by atoms with E-state index in [9.17, 15) is 9.59 Å². The third kappa shape index (κ3) is 5.23. The van der Waals surface area contributed by atoms with Crippen molar-refractivity contribution < 1.29 is 9.59 Å². The van der Waals surface area contributed by atoms with Gasteiger partial charge in [0.05, 0.1) is 0 Å². The first-order valence-corrected chi connectivity index (χ1v) is 8.15. The number of amides is 2. The first-order chi connectivity index (χ1) is 11.5. The van der Waals surface area contributed by atoms with Crippen molar-refractivity contribution in [1.82, 2.24) is 4.90 Å². The van der Waals surface area contributed by atoms with Crippen molar-refractivity contribution in [2.75, 3.05) is 5.32 Å². The Morgan fingerprint density at radius 3 is 2.38 bits per heavy atom. The number of hydrogen-bond donors (Lipinski definition) is 1. The number of benzene rings is 2. The lowest BCUT2D eigenvalue weighted by molar-refractivity contribution is -0.136. The Kier molecular flexibility index (Phi) is 6.13. The van der Waals surface area contributed by atoms with E-state index in [4.69, 9.17) is 0 Å². The molecule has 2 amide bonds. The van der Waals surface area contributed by atoms with Crippen LogP contribution in [-0.4, -0.2) is 22.8 Å². The molecule has 126 valence electrons. The summed E-state index contributed by atoms with van der Waals surface area (Å²) in [4.78, 5) is 26.4. The zero-order chi connectivity index (χ0) is 17.5. The van der Waals surface area contributed by atoms with Gasteiger partial charge in [0.2, 0.25) is 11.8 Å². The summed E-state index contributed by atoms with van der Waals surface area (Å²) in [5.74, 6) is -0.455. The number of anilines is 1. The molecule has 2 aromatic carbocycles. The molecule has 0 unspecified atom stereocenters. The van der Waals surface area contributed by atoms with Crippen LogP contribution in [0.1, 0.15) is 31.4 Å². The van der Waals surface area contributed by atoms with E-state index in [1.807, 2.05) is 75.4 Å². The Morgan fingerprint density at radius 2 is 1.75 bits per heavy atom. The van der Waals surface area contributed by atoms with Gasteiger partial charge >= 0.3 is 0 Å². The van der Waals surface area contributed by atoms with E-state index in [1.54, 1.807) is 4.90 Å². The van der Waals surface area contributed by atoms with Crippen molar-refractivity contribution in [1.29, 1.82) is 0 Å². The first kappa shape index (κ1) is 17.7. The summed E-state index contributed by atoms with van der Waals surface area (Å²) < 4.78 is 0. The van der Waals surface area contributed by atoms with Gasteiger partial charge in [-0.1, -0.05) is 42.5 Å². The summed E-state index contributed by atoms with van der Waals surface area (Å²) in [6.07, 6.45) is -0.154. The molecule has 0 bridgehead atoms. The van der Waals surface area contributed by atoms with Crippen molar-refractivity contribution in [3.05, 3.63) is 65.7 Å². The molecule has 2 rings (SSSR count). The van der Waals surface area contributed by atoms with Crippen molar-refractivity contribution in [3.8, 4) is 0 Å². The average molecular weight is 324 g/mol. The van der Waals surface area contributed by atoms with Crippen LogP contribution in [0.2, 0.25) is 0 Å². The highest BCUT2D eigenvalue weighted by Gasteiger charge is 2.20. The predicted molar refractivity (Wildman–Crippen MR) is 96.6 cm³/mol. The van der Waals surface area contributed by atoms with E-state index < -0.39 is 0 Å². The van der Waals surface area contributed by atoms with Gasteiger partial charge in [0, 0.05) is 18.3 Å². The topological polar surface area (TPSA) is 49.4 Å². The smallest absolute Gasteiger partial charge is 0.233 e. The van der Waals surface area contributed by atoms with Gasteiger partial charge in [-0.2, -0.15) is 0 Å². The normalized spacial score (nSPS) is 10.5. The van der Waals surface area contributed by atoms with Gasteiger partial charge in [-0.25, -0.2) is 0 Å². The molecule has 4 heteroatoms. The van der Waals surface area contributed by atoms with Gasteiger partial charge in [0.25, 0.3) is 0 Å². The maximum Gasteiger partial charge on any atom is 0.233 e. The molecule has 1 N–H and O–H groups in total. The van der Waals surface area contributed by atoms with Crippen LogP contribution in [0.15, 0.2) is 54.6 Å². The van der Waals surface area contributed by atoms with E-state index in [1.165, 1.54) is 0 Å². The number of carbonyl (C=O) groups is 2. The van der Waals surface area contributed by atoms with Crippen molar-refractivity contribution >= 4 is 17.5 Å². The second-order valence-electron chi connectivity index (χ2n) is 6.20. The minimum absolute atomic E-state index is 0.0319. The van der Waals surface area contributed by atoms with Gasteiger partial charge in [-0.3, -0.25) is 9.59 Å². The zero-order valence-corrected chi connectivity index (χ0v) is 14.5. The van der Waals surface area contributed by atoms with Crippen LogP contribution < -0.4 is 5.32 Å². The Hall–Kier alpha value is -2.62. The molecule has 24 heavy (non-hydrogen) atoms. The van der Waals surface area contributed by atoms with Crippen LogP contribution in [0.3, 0.4) is 0 Å². The number of carbonyl (C=O) groups excluding carboxylic acids is 2. The SMILES string of the molecule is Cc1cccc(NC(=O)CC(=O)N(Cc2ccccc2)C(C)C)c1. The molecule has 0 atom stereocenters. The molecular weight excluding hydrogens is 300 g/mol. The molecule has 0 saturated carbocycles. The van der Waals surface area contributed by atoms with E-state index >= 15 is 0 Å². The van der Waals surface area contributed by atoms with Crippen LogP contribution >= 0.6 is 0 Å². The molecular formula is C20H24N2O2. The minimum atomic E-state index is -0.288. The van der Waals surface area contributed by atoms with Crippen molar-refractivity contribution in [2.24, 2.45) is 0 Å². The maximum atomic E-state index is 12.5. The van der Waals surface area contributed by atoms with Gasteiger partial charge in [0.1, 0.15) is 6.42 Å². The predicted octanol–water partition coefficient (Wildman–Crippen LogP) is 3.76. The van der Waals surface area contributed by atoms with Crippen LogP contribution in [0, 0.1) is 6.92 Å². The second kappa shape index (κ2) is 8.29. The monoisotopic (exact) mass is 324 g/mol. The second-order valence-corrected chi connectivity index (χ2v) is 6.20. The third-order valence-corrected chi connectivity index (χ3v) is 3.75. The number of nitrogens with one attached hydrogen (secondary N) is 1. The number of nitrogens with zero attached hydrogens (tertiary/aromatic N) is 1. The molecule has 0 spiro atoms. The number of rotatable bonds is 6. The summed E-state index contributed by atoms with van der Waals surface area (Å²) in [6, 6.07) is 17.4. The third-order valence-electron chi connectivity index (χ3n) is 3.75. The Balaban J connectivity index is 1.98. The zero-order valence-electron chi connectivity index (χ0n) is 14.5. The number of aryl methyl sites for hydroxylation is 1. The Bertz CT molecular complexity index is 696. The summed E-state index contributed by atoms with van der Waals surface area (Å²) >= 11 is 0. The van der Waals surface area contributed by atoms with Gasteiger partial charge in [0.15, 0.2) is 0 Å². The standard InChI is InChI=1S/C20H24N2O2/c1-15(2)22(14-17-9-5-4-6-10-17)20(24)13-19(23)21-18-11-7-8-16(3)12-18/h4-12,15H,13-14H2,1-3H3,(H,21,23). The van der Waals surface area contributed by atoms with E-state index in [0.29, 0.717) is 12.2 Å². The van der Waals surface area contributed by atoms with E-state index in [-0.39, 0.29) is 24.3 Å². The van der Waals surface area contributed by atoms with Gasteiger partial charge in [-0.15, -0.1) is 0 Å². The van der Waals surface area contributed by atoms with Crippen LogP contribution in [-0.2, 0) is 16.1 Å². The molecule has 4 nitrogen and oxygen atoms in total. The summed E-state index contributed by atoms with van der Waals surface area (Å²) in [7, 11) is 0. The molecule has 0 saturated heterocycles. The Morgan fingerprint density at radius 1 is 1.04 bits per heavy atom. The van der Waals surface area contributed by atoms with Crippen molar-refractivity contribution in [2.45, 2.75) is 39.8 Å². The lowest BCUT2D eigenvalue weighted by atomic mass is 10.1. The fourth-order valence-electron chi connectivity index (χ4n) is 2.51. The molecule has 0 aliphatic heterocycles. The molecule has 0 aliphatic rings.